The van der Waals surface area contributed by atoms with E-state index in [0.717, 1.165) is 0 Å². The van der Waals surface area contributed by atoms with Crippen molar-refractivity contribution < 1.29 is 37.5 Å². The molecule has 33 heavy (non-hydrogen) atoms. The average Bonchev–Trinajstić information content (AvgIpc) is 3.51. The zero-order valence-electron chi connectivity index (χ0n) is 18.5. The number of carbonyl (C=O) groups excluding carboxylic acids is 1. The van der Waals surface area contributed by atoms with Gasteiger partial charge in [-0.05, 0) is 19.9 Å². The summed E-state index contributed by atoms with van der Waals surface area (Å²) in [7, 11) is 1.39. The fraction of sp³-hybridized carbons (Fsp3) is 0.571. The summed E-state index contributed by atoms with van der Waals surface area (Å²) in [6, 6.07) is 1.12. The summed E-state index contributed by atoms with van der Waals surface area (Å²) in [5.74, 6) is -0.482. The molecule has 0 N–H and O–H groups in total. The summed E-state index contributed by atoms with van der Waals surface area (Å²) in [6.45, 7) is 5.69. The molecule has 178 valence electrons. The van der Waals surface area contributed by atoms with Crippen LogP contribution < -0.4 is 9.80 Å². The molecule has 11 nitrogen and oxygen atoms in total. The van der Waals surface area contributed by atoms with Crippen molar-refractivity contribution in [1.29, 1.82) is 0 Å². The van der Waals surface area contributed by atoms with E-state index in [1.54, 1.807) is 6.07 Å². The number of fused-ring (bicyclic) bond motifs is 1. The van der Waals surface area contributed by atoms with E-state index in [1.165, 1.54) is 18.2 Å². The van der Waals surface area contributed by atoms with Crippen LogP contribution in [0.1, 0.15) is 25.7 Å². The first kappa shape index (κ1) is 21.9. The van der Waals surface area contributed by atoms with Crippen LogP contribution >= 0.6 is 0 Å². The maximum Gasteiger partial charge on any atom is 0.416 e. The van der Waals surface area contributed by atoms with Crippen LogP contribution in [-0.2, 0) is 23.8 Å². The second-order valence-corrected chi connectivity index (χ2v) is 8.20. The molecule has 4 heterocycles. The Hall–Kier alpha value is -2.96. The molecule has 0 aliphatic carbocycles. The van der Waals surface area contributed by atoms with E-state index in [9.17, 15) is 4.79 Å². The van der Waals surface area contributed by atoms with Crippen molar-refractivity contribution >= 4 is 34.8 Å². The first-order valence-corrected chi connectivity index (χ1v) is 10.8. The fourth-order valence-corrected chi connectivity index (χ4v) is 4.53. The van der Waals surface area contributed by atoms with Gasteiger partial charge in [0.2, 0.25) is 5.58 Å². The number of nitrogens with zero attached hydrogens (tertiary/aromatic N) is 4. The predicted octanol–water partition coefficient (Wildman–Crippen LogP) is 2.58. The number of halogens is 1. The Labute approximate surface area is 188 Å². The van der Waals surface area contributed by atoms with Gasteiger partial charge in [-0.2, -0.15) is 0 Å². The molecule has 1 aromatic heterocycles. The Morgan fingerprint density at radius 3 is 2.67 bits per heavy atom. The second-order valence-electron chi connectivity index (χ2n) is 8.20. The molecule has 1 amide bonds. The lowest BCUT2D eigenvalue weighted by molar-refractivity contribution is -0.0445. The van der Waals surface area contributed by atoms with E-state index in [4.69, 9.17) is 28.3 Å². The third kappa shape index (κ3) is 3.87. The summed E-state index contributed by atoms with van der Waals surface area (Å²) in [5.41, 5.74) is 0.745. The number of carbonyl (C=O) groups is 1. The van der Waals surface area contributed by atoms with Gasteiger partial charge in [0.05, 0.1) is 42.7 Å². The minimum Gasteiger partial charge on any atom is -0.446 e. The molecule has 0 radical (unpaired) electrons. The number of ether oxygens (including phenoxy) is 4. The Bertz CT molecular complexity index is 1060. The summed E-state index contributed by atoms with van der Waals surface area (Å²) in [6.07, 6.45) is -0.170. The Morgan fingerprint density at radius 2 is 1.97 bits per heavy atom. The highest BCUT2D eigenvalue weighted by atomic mass is 19.1. The second kappa shape index (κ2) is 8.76. The van der Waals surface area contributed by atoms with Crippen LogP contribution in [0.4, 0.5) is 20.7 Å². The smallest absolute Gasteiger partial charge is 0.416 e. The van der Waals surface area contributed by atoms with Gasteiger partial charge in [0.15, 0.2) is 17.9 Å². The Kier molecular flexibility index (Phi) is 5.81. The van der Waals surface area contributed by atoms with Crippen molar-refractivity contribution in [2.75, 3.05) is 49.8 Å². The van der Waals surface area contributed by atoms with Crippen molar-refractivity contribution in [3.63, 3.8) is 0 Å². The van der Waals surface area contributed by atoms with Crippen molar-refractivity contribution in [3.8, 4) is 0 Å². The largest absolute Gasteiger partial charge is 0.446 e. The quantitative estimate of drug-likeness (QED) is 0.487. The van der Waals surface area contributed by atoms with Crippen LogP contribution in [0, 0.1) is 5.82 Å². The maximum atomic E-state index is 16.0. The van der Waals surface area contributed by atoms with Crippen LogP contribution in [-0.4, -0.2) is 75.7 Å². The molecule has 0 unspecified atom stereocenters. The molecule has 0 saturated carbocycles. The van der Waals surface area contributed by atoms with Gasteiger partial charge in [-0.25, -0.2) is 14.1 Å². The van der Waals surface area contributed by atoms with E-state index < -0.39 is 24.2 Å². The molecule has 3 atom stereocenters. The molecule has 3 aliphatic heterocycles. The van der Waals surface area contributed by atoms with Crippen molar-refractivity contribution in [3.05, 3.63) is 17.4 Å². The Balaban J connectivity index is 1.64. The lowest BCUT2D eigenvalue weighted by Crippen LogP contribution is -2.46. The van der Waals surface area contributed by atoms with Crippen LogP contribution in [0.5, 0.6) is 0 Å². The van der Waals surface area contributed by atoms with E-state index >= 15 is 4.39 Å². The number of anilines is 2. The van der Waals surface area contributed by atoms with Gasteiger partial charge in [0, 0.05) is 18.7 Å². The first-order chi connectivity index (χ1) is 16.0. The summed E-state index contributed by atoms with van der Waals surface area (Å²) in [4.78, 5) is 20.3. The van der Waals surface area contributed by atoms with Gasteiger partial charge in [0.25, 0.3) is 0 Å². The predicted molar refractivity (Wildman–Crippen MR) is 114 cm³/mol. The normalized spacial score (nSPS) is 26.7. The molecule has 5 rings (SSSR count). The van der Waals surface area contributed by atoms with Gasteiger partial charge in [0.1, 0.15) is 19.8 Å². The minimum absolute atomic E-state index is 0.0475. The molecule has 1 aromatic carbocycles. The molecule has 0 bridgehead atoms. The van der Waals surface area contributed by atoms with Crippen molar-refractivity contribution in [2.45, 2.75) is 38.4 Å². The fourth-order valence-electron chi connectivity index (χ4n) is 4.53. The third-order valence-electron chi connectivity index (χ3n) is 5.77. The molecular formula is C21H25FN4O7. The number of cyclic esters (lactones) is 1. The van der Waals surface area contributed by atoms with Crippen LogP contribution in [0.2, 0.25) is 0 Å². The third-order valence-corrected chi connectivity index (χ3v) is 5.77. The standard InChI is InChI=1S/C21H25FN4O7/c1-11-8-25(9-12(2)32-11)17-14(20-29-4-5-30-20)6-15-18(16(17)22)33-24-19(15)26-13(7-23-28-3)10-31-21(26)27/h6-7,11-13,20H,4-5,8-10H2,1-3H3/b23-7+/t11-,12-,13+/m1/s1. The first-order valence-electron chi connectivity index (χ1n) is 10.8. The monoisotopic (exact) mass is 464 g/mol. The number of benzene rings is 1. The van der Waals surface area contributed by atoms with E-state index in [0.29, 0.717) is 42.9 Å². The molecule has 0 spiro atoms. The number of rotatable bonds is 5. The topological polar surface area (TPSA) is 108 Å². The number of hydrogen-bond donors (Lipinski definition) is 0. The molecule has 3 fully saturated rings. The Morgan fingerprint density at radius 1 is 1.24 bits per heavy atom. The highest BCUT2D eigenvalue weighted by Crippen LogP contribution is 2.42. The van der Waals surface area contributed by atoms with Crippen LogP contribution in [0.15, 0.2) is 15.7 Å². The molecule has 2 aromatic rings. The highest BCUT2D eigenvalue weighted by Gasteiger charge is 2.39. The zero-order valence-corrected chi connectivity index (χ0v) is 18.5. The van der Waals surface area contributed by atoms with Crippen LogP contribution in [0.25, 0.3) is 11.0 Å². The lowest BCUT2D eigenvalue weighted by Gasteiger charge is -2.38. The molecule has 12 heteroatoms. The van der Waals surface area contributed by atoms with Gasteiger partial charge in [-0.3, -0.25) is 0 Å². The summed E-state index contributed by atoms with van der Waals surface area (Å²) >= 11 is 0. The number of aromatic nitrogens is 1. The maximum absolute atomic E-state index is 16.0. The number of morpholine rings is 1. The number of amides is 1. The minimum atomic E-state index is -0.758. The van der Waals surface area contributed by atoms with E-state index in [2.05, 4.69) is 10.3 Å². The zero-order chi connectivity index (χ0) is 23.1. The van der Waals surface area contributed by atoms with Gasteiger partial charge in [-0.15, -0.1) is 0 Å². The van der Waals surface area contributed by atoms with Gasteiger partial charge < -0.3 is 33.2 Å². The number of oxime groups is 1. The van der Waals surface area contributed by atoms with E-state index in [-0.39, 0.29) is 30.2 Å². The van der Waals surface area contributed by atoms with Crippen molar-refractivity contribution in [1.82, 2.24) is 5.16 Å². The van der Waals surface area contributed by atoms with Crippen molar-refractivity contribution in [2.24, 2.45) is 5.16 Å². The SMILES string of the molecule is CO/N=C/[C@H]1COC(=O)N1c1noc2c(F)c(N3C[C@@H](C)O[C@H](C)C3)c(C3OCCO3)cc12. The average molecular weight is 464 g/mol. The lowest BCUT2D eigenvalue weighted by atomic mass is 10.0. The highest BCUT2D eigenvalue weighted by molar-refractivity contribution is 6.03. The van der Waals surface area contributed by atoms with Gasteiger partial charge in [-0.1, -0.05) is 10.3 Å². The van der Waals surface area contributed by atoms with E-state index in [1.807, 2.05) is 18.7 Å². The summed E-state index contributed by atoms with van der Waals surface area (Å²) < 4.78 is 43.8. The number of hydrogen-bond acceptors (Lipinski definition) is 10. The molecular weight excluding hydrogens is 439 g/mol. The van der Waals surface area contributed by atoms with Crippen LogP contribution in [0.3, 0.4) is 0 Å². The summed E-state index contributed by atoms with van der Waals surface area (Å²) in [5, 5.41) is 8.04. The van der Waals surface area contributed by atoms with Gasteiger partial charge >= 0.3 is 6.09 Å². The molecule has 3 aliphatic rings. The molecule has 3 saturated heterocycles.